The highest BCUT2D eigenvalue weighted by Crippen LogP contribution is 2.30. The summed E-state index contributed by atoms with van der Waals surface area (Å²) in [6.07, 6.45) is 5.82. The summed E-state index contributed by atoms with van der Waals surface area (Å²) in [6, 6.07) is 6.38. The standard InChI is InChI=1S/C17H23ClN2O/c1-12-15(7-4-8-16(12)18)17(21)20(13-5-2-3-6-13)14-9-10-19-11-14/h4,7-8,13-14,19H,2-3,5-6,9-11H2,1H3/t14-/m1/s1. The Labute approximate surface area is 131 Å². The van der Waals surface area contributed by atoms with Gasteiger partial charge in [-0.25, -0.2) is 0 Å². The van der Waals surface area contributed by atoms with Gasteiger partial charge < -0.3 is 10.2 Å². The lowest BCUT2D eigenvalue weighted by atomic mass is 10.0. The van der Waals surface area contributed by atoms with Gasteiger partial charge in [0.2, 0.25) is 0 Å². The number of carbonyl (C=O) groups is 1. The lowest BCUT2D eigenvalue weighted by molar-refractivity contribution is 0.0594. The van der Waals surface area contributed by atoms with E-state index in [1.54, 1.807) is 0 Å². The summed E-state index contributed by atoms with van der Waals surface area (Å²) < 4.78 is 0. The molecule has 2 aliphatic rings. The minimum absolute atomic E-state index is 0.163. The molecule has 114 valence electrons. The topological polar surface area (TPSA) is 32.3 Å². The molecule has 1 aromatic rings. The quantitative estimate of drug-likeness (QED) is 0.928. The summed E-state index contributed by atoms with van der Waals surface area (Å²) in [6.45, 7) is 3.87. The number of rotatable bonds is 3. The van der Waals surface area contributed by atoms with Crippen LogP contribution in [0.5, 0.6) is 0 Å². The molecule has 1 N–H and O–H groups in total. The summed E-state index contributed by atoms with van der Waals surface area (Å²) in [7, 11) is 0. The number of carbonyl (C=O) groups excluding carboxylic acids is 1. The Balaban J connectivity index is 1.91. The molecule has 0 spiro atoms. The van der Waals surface area contributed by atoms with Gasteiger partial charge in [0, 0.05) is 29.2 Å². The predicted molar refractivity (Wildman–Crippen MR) is 85.9 cm³/mol. The largest absolute Gasteiger partial charge is 0.331 e. The van der Waals surface area contributed by atoms with Gasteiger partial charge in [-0.3, -0.25) is 4.79 Å². The molecule has 1 saturated heterocycles. The van der Waals surface area contributed by atoms with Crippen molar-refractivity contribution >= 4 is 17.5 Å². The van der Waals surface area contributed by atoms with Crippen molar-refractivity contribution in [2.24, 2.45) is 0 Å². The molecule has 0 aromatic heterocycles. The third-order valence-corrected chi connectivity index (χ3v) is 5.29. The maximum Gasteiger partial charge on any atom is 0.254 e. The molecular weight excluding hydrogens is 284 g/mol. The van der Waals surface area contributed by atoms with Crippen molar-refractivity contribution in [3.05, 3.63) is 34.3 Å². The van der Waals surface area contributed by atoms with E-state index in [0.29, 0.717) is 17.1 Å². The number of amides is 1. The second kappa shape index (κ2) is 6.37. The van der Waals surface area contributed by atoms with Crippen molar-refractivity contribution in [2.75, 3.05) is 13.1 Å². The van der Waals surface area contributed by atoms with Crippen molar-refractivity contribution < 1.29 is 4.79 Å². The van der Waals surface area contributed by atoms with E-state index in [2.05, 4.69) is 10.2 Å². The van der Waals surface area contributed by atoms with Crippen LogP contribution in [-0.2, 0) is 0 Å². The SMILES string of the molecule is Cc1c(Cl)cccc1C(=O)N(C1CCCC1)[C@@H]1CCNC1. The highest BCUT2D eigenvalue weighted by Gasteiger charge is 2.35. The fraction of sp³-hybridized carbons (Fsp3) is 0.588. The number of nitrogens with zero attached hydrogens (tertiary/aromatic N) is 1. The molecule has 1 heterocycles. The molecule has 1 atom stereocenters. The van der Waals surface area contributed by atoms with Crippen molar-refractivity contribution in [3.8, 4) is 0 Å². The summed E-state index contributed by atoms with van der Waals surface area (Å²) >= 11 is 6.20. The lowest BCUT2D eigenvalue weighted by Gasteiger charge is -2.34. The van der Waals surface area contributed by atoms with Gasteiger partial charge in [-0.2, -0.15) is 0 Å². The average molecular weight is 307 g/mol. The number of halogens is 1. The first-order valence-corrected chi connectivity index (χ1v) is 8.35. The van der Waals surface area contributed by atoms with Crippen LogP contribution in [0.15, 0.2) is 18.2 Å². The van der Waals surface area contributed by atoms with Crippen molar-refractivity contribution in [3.63, 3.8) is 0 Å². The lowest BCUT2D eigenvalue weighted by Crippen LogP contribution is -2.47. The molecule has 3 rings (SSSR count). The van der Waals surface area contributed by atoms with E-state index in [-0.39, 0.29) is 5.91 Å². The maximum atomic E-state index is 13.1. The molecule has 0 bridgehead atoms. The van der Waals surface area contributed by atoms with Crippen LogP contribution in [0.25, 0.3) is 0 Å². The van der Waals surface area contributed by atoms with Crippen LogP contribution in [0.2, 0.25) is 5.02 Å². The number of benzene rings is 1. The zero-order valence-electron chi connectivity index (χ0n) is 12.6. The van der Waals surface area contributed by atoms with Crippen molar-refractivity contribution in [1.29, 1.82) is 0 Å². The molecule has 1 aromatic carbocycles. The molecule has 2 fully saturated rings. The van der Waals surface area contributed by atoms with Crippen molar-refractivity contribution in [1.82, 2.24) is 10.2 Å². The molecule has 1 amide bonds. The van der Waals surface area contributed by atoms with Gasteiger partial charge in [0.25, 0.3) is 5.91 Å². The van der Waals surface area contributed by atoms with Crippen LogP contribution < -0.4 is 5.32 Å². The molecule has 3 nitrogen and oxygen atoms in total. The van der Waals surface area contributed by atoms with Crippen LogP contribution in [0.4, 0.5) is 0 Å². The number of hydrogen-bond donors (Lipinski definition) is 1. The second-order valence-corrected chi connectivity index (χ2v) is 6.62. The highest BCUT2D eigenvalue weighted by atomic mass is 35.5. The smallest absolute Gasteiger partial charge is 0.254 e. The fourth-order valence-electron chi connectivity index (χ4n) is 3.67. The first-order chi connectivity index (χ1) is 10.2. The fourth-order valence-corrected chi connectivity index (χ4v) is 3.84. The van der Waals surface area contributed by atoms with E-state index in [9.17, 15) is 4.79 Å². The van der Waals surface area contributed by atoms with Gasteiger partial charge in [0.1, 0.15) is 0 Å². The van der Waals surface area contributed by atoms with E-state index in [1.165, 1.54) is 12.8 Å². The Bertz CT molecular complexity index is 504. The summed E-state index contributed by atoms with van der Waals surface area (Å²) in [5.74, 6) is 0.163. The van der Waals surface area contributed by atoms with E-state index in [0.717, 1.165) is 43.5 Å². The van der Waals surface area contributed by atoms with Gasteiger partial charge in [-0.15, -0.1) is 0 Å². The van der Waals surface area contributed by atoms with E-state index < -0.39 is 0 Å². The Morgan fingerprint density at radius 1 is 1.24 bits per heavy atom. The van der Waals surface area contributed by atoms with Crippen LogP contribution >= 0.6 is 11.6 Å². The van der Waals surface area contributed by atoms with E-state index in [1.807, 2.05) is 25.1 Å². The first-order valence-electron chi connectivity index (χ1n) is 7.97. The molecule has 1 aliphatic heterocycles. The van der Waals surface area contributed by atoms with E-state index in [4.69, 9.17) is 11.6 Å². The number of nitrogens with one attached hydrogen (secondary N) is 1. The molecular formula is C17H23ClN2O. The van der Waals surface area contributed by atoms with Gasteiger partial charge in [-0.05, 0) is 50.4 Å². The van der Waals surface area contributed by atoms with Crippen molar-refractivity contribution in [2.45, 2.75) is 51.1 Å². The summed E-state index contributed by atoms with van der Waals surface area (Å²) in [5.41, 5.74) is 1.67. The summed E-state index contributed by atoms with van der Waals surface area (Å²) in [5, 5.41) is 4.07. The van der Waals surface area contributed by atoms with Crippen LogP contribution in [0, 0.1) is 6.92 Å². The third-order valence-electron chi connectivity index (χ3n) is 4.88. The van der Waals surface area contributed by atoms with Crippen LogP contribution in [0.3, 0.4) is 0 Å². The third kappa shape index (κ3) is 2.95. The Morgan fingerprint density at radius 2 is 2.00 bits per heavy atom. The maximum absolute atomic E-state index is 13.1. The normalized spacial score (nSPS) is 22.7. The summed E-state index contributed by atoms with van der Waals surface area (Å²) in [4.78, 5) is 15.3. The van der Waals surface area contributed by atoms with E-state index >= 15 is 0 Å². The molecule has 1 saturated carbocycles. The highest BCUT2D eigenvalue weighted by molar-refractivity contribution is 6.31. The second-order valence-electron chi connectivity index (χ2n) is 6.21. The van der Waals surface area contributed by atoms with Gasteiger partial charge in [0.15, 0.2) is 0 Å². The van der Waals surface area contributed by atoms with Gasteiger partial charge in [-0.1, -0.05) is 30.5 Å². The Morgan fingerprint density at radius 3 is 2.67 bits per heavy atom. The molecule has 1 aliphatic carbocycles. The molecule has 0 unspecified atom stereocenters. The Kier molecular flexibility index (Phi) is 4.51. The molecule has 21 heavy (non-hydrogen) atoms. The Hall–Kier alpha value is -1.06. The molecule has 4 heteroatoms. The minimum Gasteiger partial charge on any atom is -0.331 e. The number of hydrogen-bond acceptors (Lipinski definition) is 2. The molecule has 0 radical (unpaired) electrons. The van der Waals surface area contributed by atoms with Gasteiger partial charge in [0.05, 0.1) is 0 Å². The zero-order chi connectivity index (χ0) is 14.8. The van der Waals surface area contributed by atoms with Crippen LogP contribution in [-0.4, -0.2) is 36.0 Å². The predicted octanol–water partition coefficient (Wildman–Crippen LogP) is 3.40. The van der Waals surface area contributed by atoms with Gasteiger partial charge >= 0.3 is 0 Å². The monoisotopic (exact) mass is 306 g/mol. The zero-order valence-corrected chi connectivity index (χ0v) is 13.3. The van der Waals surface area contributed by atoms with Crippen LogP contribution in [0.1, 0.15) is 48.0 Å². The minimum atomic E-state index is 0.163. The first kappa shape index (κ1) is 14.9. The average Bonchev–Trinajstić information content (AvgIpc) is 3.16.